The molecule has 3 fully saturated rings. The highest BCUT2D eigenvalue weighted by Crippen LogP contribution is 2.51. The first-order valence-corrected chi connectivity index (χ1v) is 13.4. The van der Waals surface area contributed by atoms with Crippen molar-refractivity contribution in [1.29, 1.82) is 0 Å². The lowest BCUT2D eigenvalue weighted by molar-refractivity contribution is -0.181. The third-order valence-electron chi connectivity index (χ3n) is 9.38. The maximum absolute atomic E-state index is 15.9. The number of piperidine rings is 1. The molecule has 4 aliphatic rings. The van der Waals surface area contributed by atoms with E-state index in [9.17, 15) is 34.2 Å². The second kappa shape index (κ2) is 9.57. The summed E-state index contributed by atoms with van der Waals surface area (Å²) in [6.45, 7) is 3.11. The smallest absolute Gasteiger partial charge is 0.235 e. The van der Waals surface area contributed by atoms with Crippen molar-refractivity contribution >= 4 is 29.0 Å². The molecule has 0 bridgehead atoms. The van der Waals surface area contributed by atoms with Crippen LogP contribution < -0.4 is 5.73 Å². The molecule has 2 saturated carbocycles. The van der Waals surface area contributed by atoms with Crippen LogP contribution in [0.2, 0.25) is 0 Å². The molecule has 1 saturated heterocycles. The van der Waals surface area contributed by atoms with Gasteiger partial charge in [0.1, 0.15) is 11.6 Å². The Morgan fingerprint density at radius 1 is 1.21 bits per heavy atom. The summed E-state index contributed by atoms with van der Waals surface area (Å²) in [7, 11) is 3.03. The van der Waals surface area contributed by atoms with E-state index in [4.69, 9.17) is 5.73 Å². The van der Waals surface area contributed by atoms with Gasteiger partial charge in [0, 0.05) is 29.6 Å². The molecule has 1 heterocycles. The molecule has 0 spiro atoms. The van der Waals surface area contributed by atoms with Crippen LogP contribution >= 0.6 is 0 Å². The number of rotatable bonds is 4. The normalized spacial score (nSPS) is 35.0. The van der Waals surface area contributed by atoms with E-state index in [0.29, 0.717) is 0 Å². The Bertz CT molecular complexity index is 1300. The predicted octanol–water partition coefficient (Wildman–Crippen LogP) is 0.381. The van der Waals surface area contributed by atoms with Crippen LogP contribution in [-0.4, -0.2) is 87.4 Å². The van der Waals surface area contributed by atoms with Crippen LogP contribution in [0.25, 0.3) is 0 Å². The minimum atomic E-state index is -2.80. The van der Waals surface area contributed by atoms with Crippen molar-refractivity contribution in [3.05, 3.63) is 28.6 Å². The van der Waals surface area contributed by atoms with Gasteiger partial charge >= 0.3 is 0 Å². The SMILES string of the molecule is C[C@H]1CCCCN1Cc1cc(O)c2c(c1F)C[C@H]1C[C@H]3[C@H](N(C)C)C(=O)C(C(N)=O)C(=O)[C@@]3(O)C(=O)C1C2=O. The molecule has 0 aromatic heterocycles. The van der Waals surface area contributed by atoms with Gasteiger partial charge in [-0.2, -0.15) is 0 Å². The zero-order valence-electron chi connectivity index (χ0n) is 22.3. The van der Waals surface area contributed by atoms with E-state index in [2.05, 4.69) is 11.8 Å². The summed E-state index contributed by atoms with van der Waals surface area (Å²) in [6, 6.07) is 0.259. The second-order valence-electron chi connectivity index (χ2n) is 11.8. The van der Waals surface area contributed by atoms with Gasteiger partial charge in [-0.3, -0.25) is 33.8 Å². The quantitative estimate of drug-likeness (QED) is 0.457. The molecule has 39 heavy (non-hydrogen) atoms. The number of ketones is 4. The number of hydrogen-bond donors (Lipinski definition) is 3. The van der Waals surface area contributed by atoms with Gasteiger partial charge in [-0.15, -0.1) is 0 Å². The highest BCUT2D eigenvalue weighted by molar-refractivity contribution is 6.32. The minimum Gasteiger partial charge on any atom is -0.507 e. The van der Waals surface area contributed by atoms with Crippen molar-refractivity contribution in [3.8, 4) is 5.75 Å². The molecule has 3 aliphatic carbocycles. The molecule has 11 heteroatoms. The maximum atomic E-state index is 15.9. The summed E-state index contributed by atoms with van der Waals surface area (Å²) < 4.78 is 15.9. The first-order chi connectivity index (χ1) is 18.3. The van der Waals surface area contributed by atoms with Gasteiger partial charge in [0.2, 0.25) is 5.91 Å². The lowest BCUT2D eigenvalue weighted by Crippen LogP contribution is -2.74. The molecule has 0 radical (unpaired) electrons. The second-order valence-corrected chi connectivity index (χ2v) is 11.8. The number of carbonyl (C=O) groups is 5. The summed E-state index contributed by atoms with van der Waals surface area (Å²) in [5.74, 6) is -12.1. The maximum Gasteiger partial charge on any atom is 0.235 e. The van der Waals surface area contributed by atoms with E-state index in [1.165, 1.54) is 25.1 Å². The number of halogens is 1. The Hall–Kier alpha value is -3.02. The van der Waals surface area contributed by atoms with Crippen molar-refractivity contribution in [1.82, 2.24) is 9.80 Å². The third kappa shape index (κ3) is 3.96. The van der Waals surface area contributed by atoms with Crippen molar-refractivity contribution in [2.75, 3.05) is 20.6 Å². The van der Waals surface area contributed by atoms with E-state index in [-0.39, 0.29) is 42.1 Å². The van der Waals surface area contributed by atoms with E-state index in [1.54, 1.807) is 0 Å². The molecule has 1 amide bonds. The summed E-state index contributed by atoms with van der Waals surface area (Å²) in [5.41, 5.74) is 2.45. The van der Waals surface area contributed by atoms with Gasteiger partial charge in [0.05, 0.1) is 17.5 Å². The number of aromatic hydroxyl groups is 1. The average molecular weight is 544 g/mol. The van der Waals surface area contributed by atoms with Gasteiger partial charge in [-0.25, -0.2) is 4.39 Å². The summed E-state index contributed by atoms with van der Waals surface area (Å²) >= 11 is 0. The number of benzene rings is 1. The Balaban J connectivity index is 1.56. The molecular weight excluding hydrogens is 509 g/mol. The number of fused-ring (bicyclic) bond motifs is 3. The standard InChI is InChI=1S/C28H34FN3O7/c1-12-6-4-5-7-32(12)11-14-10-17(33)19-15(21(14)29)8-13-9-16-22(31(2)3)24(35)20(27(30)38)26(37)28(16,39)25(36)18(13)23(19)34/h10,12-13,16,18,20,22,33,39H,4-9,11H2,1-3H3,(H2,30,38)/t12-,13-,16-,18?,20?,22-,28-/m0/s1. The van der Waals surface area contributed by atoms with Crippen LogP contribution in [0.5, 0.6) is 5.75 Å². The monoisotopic (exact) mass is 543 g/mol. The van der Waals surface area contributed by atoms with Crippen molar-refractivity contribution in [2.24, 2.45) is 29.4 Å². The zero-order valence-corrected chi connectivity index (χ0v) is 22.3. The number of nitrogens with two attached hydrogens (primary N) is 1. The van der Waals surface area contributed by atoms with E-state index < -0.39 is 75.9 Å². The number of phenols is 1. The third-order valence-corrected chi connectivity index (χ3v) is 9.38. The number of Topliss-reactive ketones (excluding diaryl/α,β-unsaturated/α-hetero) is 4. The van der Waals surface area contributed by atoms with Crippen LogP contribution in [-0.2, 0) is 32.1 Å². The Morgan fingerprint density at radius 3 is 2.51 bits per heavy atom. The van der Waals surface area contributed by atoms with Crippen molar-refractivity contribution < 1.29 is 38.6 Å². The zero-order chi connectivity index (χ0) is 28.5. The summed E-state index contributed by atoms with van der Waals surface area (Å²) in [5, 5.41) is 22.4. The first-order valence-electron chi connectivity index (χ1n) is 13.4. The van der Waals surface area contributed by atoms with Gasteiger partial charge in [-0.1, -0.05) is 6.42 Å². The molecule has 4 N–H and O–H groups in total. The number of phenolic OH excluding ortho intramolecular Hbond substituents is 1. The Kier molecular flexibility index (Phi) is 6.76. The average Bonchev–Trinajstić information content (AvgIpc) is 2.85. The number of nitrogens with zero attached hydrogens (tertiary/aromatic N) is 2. The number of amides is 1. The van der Waals surface area contributed by atoms with Gasteiger partial charge in [0.15, 0.2) is 34.7 Å². The molecular formula is C28H34FN3O7. The molecule has 210 valence electrons. The summed E-state index contributed by atoms with van der Waals surface area (Å²) in [6.07, 6.45) is 2.85. The van der Waals surface area contributed by atoms with E-state index in [1.807, 2.05) is 0 Å². The van der Waals surface area contributed by atoms with Crippen molar-refractivity contribution in [2.45, 2.75) is 63.3 Å². The lowest BCUT2D eigenvalue weighted by atomic mass is 9.52. The predicted molar refractivity (Wildman–Crippen MR) is 135 cm³/mol. The number of likely N-dealkylation sites (tertiary alicyclic amines) is 1. The fraction of sp³-hybridized carbons (Fsp3) is 0.607. The fourth-order valence-corrected chi connectivity index (χ4v) is 7.43. The topological polar surface area (TPSA) is 158 Å². The fourth-order valence-electron chi connectivity index (χ4n) is 7.43. The first kappa shape index (κ1) is 27.5. The molecule has 1 aliphatic heterocycles. The molecule has 7 atom stereocenters. The van der Waals surface area contributed by atoms with Gasteiger partial charge in [0.25, 0.3) is 0 Å². The molecule has 5 rings (SSSR count). The lowest BCUT2D eigenvalue weighted by Gasteiger charge is -2.52. The highest BCUT2D eigenvalue weighted by Gasteiger charge is 2.69. The van der Waals surface area contributed by atoms with Gasteiger partial charge < -0.3 is 15.9 Å². The van der Waals surface area contributed by atoms with Crippen LogP contribution in [0.1, 0.15) is 54.1 Å². The number of hydrogen-bond acceptors (Lipinski definition) is 9. The largest absolute Gasteiger partial charge is 0.507 e. The molecule has 10 nitrogen and oxygen atoms in total. The van der Waals surface area contributed by atoms with E-state index in [0.717, 1.165) is 25.8 Å². The molecule has 1 aromatic carbocycles. The van der Waals surface area contributed by atoms with Crippen LogP contribution in [0.4, 0.5) is 4.39 Å². The van der Waals surface area contributed by atoms with Crippen LogP contribution in [0.3, 0.4) is 0 Å². The number of primary amides is 1. The molecule has 1 aromatic rings. The Labute approximate surface area is 225 Å². The summed E-state index contributed by atoms with van der Waals surface area (Å²) in [4.78, 5) is 69.5. The molecule has 2 unspecified atom stereocenters. The minimum absolute atomic E-state index is 0.00373. The number of carbonyl (C=O) groups excluding carboxylic acids is 5. The van der Waals surface area contributed by atoms with E-state index >= 15 is 4.39 Å². The number of aliphatic hydroxyl groups is 1. The Morgan fingerprint density at radius 2 is 1.90 bits per heavy atom. The van der Waals surface area contributed by atoms with Crippen LogP contribution in [0, 0.1) is 29.5 Å². The van der Waals surface area contributed by atoms with Crippen LogP contribution in [0.15, 0.2) is 6.07 Å². The highest BCUT2D eigenvalue weighted by atomic mass is 19.1. The van der Waals surface area contributed by atoms with Crippen molar-refractivity contribution in [3.63, 3.8) is 0 Å². The number of likely N-dealkylation sites (N-methyl/N-ethyl adjacent to an activating group) is 1. The van der Waals surface area contributed by atoms with Gasteiger partial charge in [-0.05, 0) is 65.2 Å².